The molecule has 2 aromatic heterocycles. The average molecular weight is 423 g/mol. The average Bonchev–Trinajstić information content (AvgIpc) is 3.37. The third-order valence-corrected chi connectivity index (χ3v) is 6.72. The number of piperazine rings is 1. The molecular formula is C23H26N4O2S. The van der Waals surface area contributed by atoms with Crippen LogP contribution in [0.25, 0.3) is 5.00 Å². The first kappa shape index (κ1) is 20.4. The lowest BCUT2D eigenvalue weighted by molar-refractivity contribution is -0.117. The van der Waals surface area contributed by atoms with Crippen molar-refractivity contribution >= 4 is 28.8 Å². The Kier molecular flexibility index (Phi) is 6.01. The maximum atomic E-state index is 13.3. The first-order chi connectivity index (χ1) is 14.5. The van der Waals surface area contributed by atoms with Gasteiger partial charge in [-0.3, -0.25) is 14.5 Å². The third-order valence-electron chi connectivity index (χ3n) is 5.50. The van der Waals surface area contributed by atoms with Gasteiger partial charge in [-0.05, 0) is 43.7 Å². The van der Waals surface area contributed by atoms with Gasteiger partial charge < -0.3 is 14.8 Å². The second-order valence-electron chi connectivity index (χ2n) is 7.54. The van der Waals surface area contributed by atoms with E-state index >= 15 is 0 Å². The van der Waals surface area contributed by atoms with Crippen LogP contribution in [-0.2, 0) is 4.79 Å². The number of aryl methyl sites for hydroxylation is 1. The molecule has 0 radical (unpaired) electrons. The fourth-order valence-corrected chi connectivity index (χ4v) is 4.82. The predicted octanol–water partition coefficient (Wildman–Crippen LogP) is 3.55. The lowest BCUT2D eigenvalue weighted by atomic mass is 10.1. The van der Waals surface area contributed by atoms with Crippen LogP contribution in [0.5, 0.6) is 0 Å². The molecule has 3 aromatic rings. The molecule has 0 aliphatic carbocycles. The molecule has 0 atom stereocenters. The lowest BCUT2D eigenvalue weighted by Crippen LogP contribution is -2.50. The second-order valence-corrected chi connectivity index (χ2v) is 8.74. The van der Waals surface area contributed by atoms with Crippen molar-refractivity contribution in [3.05, 3.63) is 70.9 Å². The minimum absolute atomic E-state index is 0.0276. The summed E-state index contributed by atoms with van der Waals surface area (Å²) in [5, 5.41) is 3.90. The molecule has 1 aliphatic rings. The quantitative estimate of drug-likeness (QED) is 0.684. The molecule has 0 spiro atoms. The van der Waals surface area contributed by atoms with Gasteiger partial charge in [0.1, 0.15) is 5.00 Å². The summed E-state index contributed by atoms with van der Waals surface area (Å²) >= 11 is 1.65. The molecule has 3 heterocycles. The van der Waals surface area contributed by atoms with Gasteiger partial charge in [0.15, 0.2) is 0 Å². The van der Waals surface area contributed by atoms with Gasteiger partial charge in [0.2, 0.25) is 5.91 Å². The number of anilines is 1. The number of nitrogens with one attached hydrogen (secondary N) is 1. The van der Waals surface area contributed by atoms with Crippen LogP contribution in [0, 0.1) is 13.8 Å². The van der Waals surface area contributed by atoms with E-state index < -0.39 is 0 Å². The van der Waals surface area contributed by atoms with Crippen molar-refractivity contribution in [2.75, 3.05) is 38.0 Å². The molecule has 1 N–H and O–H groups in total. The maximum absolute atomic E-state index is 13.3. The van der Waals surface area contributed by atoms with Crippen molar-refractivity contribution in [2.45, 2.75) is 13.8 Å². The molecule has 1 aromatic carbocycles. The van der Waals surface area contributed by atoms with Gasteiger partial charge in [-0.25, -0.2) is 0 Å². The molecule has 1 aliphatic heterocycles. The van der Waals surface area contributed by atoms with E-state index in [2.05, 4.69) is 17.1 Å². The van der Waals surface area contributed by atoms with Crippen molar-refractivity contribution in [1.82, 2.24) is 14.4 Å². The molecule has 2 amide bonds. The summed E-state index contributed by atoms with van der Waals surface area (Å²) in [6.07, 6.45) is 3.95. The number of carbonyl (C=O) groups excluding carboxylic acids is 2. The van der Waals surface area contributed by atoms with Crippen LogP contribution in [-0.4, -0.2) is 58.9 Å². The Hall–Kier alpha value is -2.90. The summed E-state index contributed by atoms with van der Waals surface area (Å²) in [4.78, 5) is 30.8. The number of aromatic nitrogens is 1. The number of hydrogen-bond acceptors (Lipinski definition) is 4. The standard InChI is InChI=1S/C23H26N4O2S/c1-17-18(2)30-23(27-10-6-7-11-27)21(17)22(29)26-14-12-25(13-15-26)16-20(28)24-19-8-4-3-5-9-19/h3-11H,12-16H2,1-2H3,(H,24,28). The zero-order valence-electron chi connectivity index (χ0n) is 17.3. The molecule has 1 saturated heterocycles. The Labute approximate surface area is 180 Å². The third kappa shape index (κ3) is 4.32. The highest BCUT2D eigenvalue weighted by Crippen LogP contribution is 2.32. The molecule has 6 nitrogen and oxygen atoms in total. The summed E-state index contributed by atoms with van der Waals surface area (Å²) in [6.45, 7) is 7.04. The Morgan fingerprint density at radius 2 is 1.63 bits per heavy atom. The largest absolute Gasteiger partial charge is 0.336 e. The monoisotopic (exact) mass is 422 g/mol. The van der Waals surface area contributed by atoms with Gasteiger partial charge in [-0.2, -0.15) is 0 Å². The summed E-state index contributed by atoms with van der Waals surface area (Å²) in [7, 11) is 0. The summed E-state index contributed by atoms with van der Waals surface area (Å²) in [5.41, 5.74) is 2.65. The Morgan fingerprint density at radius 1 is 0.967 bits per heavy atom. The van der Waals surface area contributed by atoms with E-state index in [0.717, 1.165) is 21.8 Å². The SMILES string of the molecule is Cc1sc(-n2cccc2)c(C(=O)N2CCN(CC(=O)Nc3ccccc3)CC2)c1C. The zero-order valence-corrected chi connectivity index (χ0v) is 18.1. The number of rotatable bonds is 5. The molecular weight excluding hydrogens is 396 g/mol. The highest BCUT2D eigenvalue weighted by Gasteiger charge is 2.28. The molecule has 0 unspecified atom stereocenters. The highest BCUT2D eigenvalue weighted by molar-refractivity contribution is 7.15. The van der Waals surface area contributed by atoms with Crippen LogP contribution in [0.15, 0.2) is 54.9 Å². The van der Waals surface area contributed by atoms with Crippen LogP contribution in [0.3, 0.4) is 0 Å². The van der Waals surface area contributed by atoms with Gasteiger partial charge in [0.25, 0.3) is 5.91 Å². The number of benzene rings is 1. The first-order valence-corrected chi connectivity index (χ1v) is 10.9. The molecule has 0 saturated carbocycles. The van der Waals surface area contributed by atoms with E-state index in [1.807, 2.05) is 71.2 Å². The smallest absolute Gasteiger partial charge is 0.257 e. The van der Waals surface area contributed by atoms with E-state index in [4.69, 9.17) is 0 Å². The zero-order chi connectivity index (χ0) is 21.1. The van der Waals surface area contributed by atoms with Crippen LogP contribution in [0.1, 0.15) is 20.8 Å². The fraction of sp³-hybridized carbons (Fsp3) is 0.304. The minimum atomic E-state index is -0.0276. The van der Waals surface area contributed by atoms with E-state index in [0.29, 0.717) is 32.7 Å². The molecule has 4 rings (SSSR count). The minimum Gasteiger partial charge on any atom is -0.336 e. The van der Waals surface area contributed by atoms with Gasteiger partial charge in [-0.15, -0.1) is 11.3 Å². The van der Waals surface area contributed by atoms with Gasteiger partial charge in [0, 0.05) is 49.1 Å². The van der Waals surface area contributed by atoms with Gasteiger partial charge in [0.05, 0.1) is 12.1 Å². The van der Waals surface area contributed by atoms with Crippen LogP contribution >= 0.6 is 11.3 Å². The van der Waals surface area contributed by atoms with E-state index in [-0.39, 0.29) is 11.8 Å². The molecule has 7 heteroatoms. The van der Waals surface area contributed by atoms with Crippen molar-refractivity contribution in [3.63, 3.8) is 0 Å². The Bertz CT molecular complexity index is 1020. The molecule has 1 fully saturated rings. The van der Waals surface area contributed by atoms with Crippen molar-refractivity contribution in [1.29, 1.82) is 0 Å². The number of amides is 2. The number of nitrogens with zero attached hydrogens (tertiary/aromatic N) is 3. The number of thiophene rings is 1. The van der Waals surface area contributed by atoms with Crippen molar-refractivity contribution < 1.29 is 9.59 Å². The topological polar surface area (TPSA) is 57.6 Å². The predicted molar refractivity (Wildman–Crippen MR) is 121 cm³/mol. The maximum Gasteiger partial charge on any atom is 0.257 e. The second kappa shape index (κ2) is 8.85. The number of carbonyl (C=O) groups is 2. The Morgan fingerprint density at radius 3 is 2.30 bits per heavy atom. The lowest BCUT2D eigenvalue weighted by Gasteiger charge is -2.34. The van der Waals surface area contributed by atoms with E-state index in [9.17, 15) is 9.59 Å². The molecule has 30 heavy (non-hydrogen) atoms. The van der Waals surface area contributed by atoms with Crippen LogP contribution < -0.4 is 5.32 Å². The van der Waals surface area contributed by atoms with Gasteiger partial charge in [-0.1, -0.05) is 18.2 Å². The molecule has 0 bridgehead atoms. The fourth-order valence-electron chi connectivity index (χ4n) is 3.70. The van der Waals surface area contributed by atoms with Crippen LogP contribution in [0.2, 0.25) is 0 Å². The highest BCUT2D eigenvalue weighted by atomic mass is 32.1. The summed E-state index contributed by atoms with van der Waals surface area (Å²) in [6, 6.07) is 13.4. The number of para-hydroxylation sites is 1. The van der Waals surface area contributed by atoms with Crippen molar-refractivity contribution in [3.8, 4) is 5.00 Å². The van der Waals surface area contributed by atoms with E-state index in [1.54, 1.807) is 11.3 Å². The normalized spacial score (nSPS) is 14.7. The number of hydrogen-bond donors (Lipinski definition) is 1. The van der Waals surface area contributed by atoms with Gasteiger partial charge >= 0.3 is 0 Å². The molecule has 156 valence electrons. The van der Waals surface area contributed by atoms with E-state index in [1.165, 1.54) is 4.88 Å². The summed E-state index contributed by atoms with van der Waals surface area (Å²) < 4.78 is 2.02. The Balaban J connectivity index is 1.38. The first-order valence-electron chi connectivity index (χ1n) is 10.1. The van der Waals surface area contributed by atoms with Crippen molar-refractivity contribution in [2.24, 2.45) is 0 Å². The van der Waals surface area contributed by atoms with Crippen LogP contribution in [0.4, 0.5) is 5.69 Å². The summed E-state index contributed by atoms with van der Waals surface area (Å²) in [5.74, 6) is 0.0501.